The Morgan fingerprint density at radius 1 is 0.500 bits per heavy atom. The molecule has 4 N–H and O–H groups in total. The molecule has 3 saturated heterocycles. The topological polar surface area (TPSA) is 265 Å². The van der Waals surface area contributed by atoms with Gasteiger partial charge in [0.1, 0.15) is 58.0 Å². The van der Waals surface area contributed by atoms with Crippen LogP contribution in [-0.2, 0) is 70.5 Å². The largest absolute Gasteiger partial charge is 0.501 e. The first kappa shape index (κ1) is 64.2. The third-order valence-electron chi connectivity index (χ3n) is 12.5. The number of fused-ring (bicyclic) bond motifs is 9. The van der Waals surface area contributed by atoms with E-state index in [0.29, 0.717) is 51.7 Å². The number of aliphatic hydroxyl groups is 3. The Balaban J connectivity index is 1.68. The molecule has 21 nitrogen and oxygen atoms in total. The highest BCUT2D eigenvalue weighted by atomic mass is 28.4. The molecule has 74 heavy (non-hydrogen) atoms. The van der Waals surface area contributed by atoms with E-state index >= 15 is 0 Å². The molecule has 0 aromatic rings. The quantitative estimate of drug-likeness (QED) is 0.0236. The summed E-state index contributed by atoms with van der Waals surface area (Å²) in [7, 11) is -3.05. The maximum atomic E-state index is 13.1. The summed E-state index contributed by atoms with van der Waals surface area (Å²) >= 11 is 0. The molecule has 0 amide bonds. The second kappa shape index (κ2) is 36.0. The highest BCUT2D eigenvalue weighted by Crippen LogP contribution is 2.39. The van der Waals surface area contributed by atoms with Crippen molar-refractivity contribution in [1.29, 1.82) is 0 Å². The standard InChI is InChI=1S/C52H87N3O18Si/c1-38(2)50(62)68-35-41(56)32-65-47(59)18-21-53-22-26-55(25-20-49(61)67-34-43(58)37-70-52(64)40(5)6)28-27-54(24-19-48(60)66-33-42(57)36-69-51(63)39(3)4)23-15-29-74-71-44-16-13-11-9-7-8-10-12-14-17-45(72-74)31-46(30-44)73-74/h41-46,53,56-58H,1,3,5,7-37H2,2,4,6H3. The van der Waals surface area contributed by atoms with E-state index in [1.807, 2.05) is 4.90 Å². The van der Waals surface area contributed by atoms with Crippen LogP contribution >= 0.6 is 0 Å². The molecule has 0 radical (unpaired) electrons. The van der Waals surface area contributed by atoms with Gasteiger partial charge in [0.25, 0.3) is 0 Å². The number of carbonyl (C=O) groups is 6. The first-order valence-electron chi connectivity index (χ1n) is 26.5. The van der Waals surface area contributed by atoms with Gasteiger partial charge in [-0.05, 0) is 59.4 Å². The Morgan fingerprint density at radius 3 is 1.28 bits per heavy atom. The fourth-order valence-electron chi connectivity index (χ4n) is 8.39. The summed E-state index contributed by atoms with van der Waals surface area (Å²) in [4.78, 5) is 77.7. The molecular formula is C52H87N3O18Si. The van der Waals surface area contributed by atoms with Gasteiger partial charge in [-0.15, -0.1) is 0 Å². The van der Waals surface area contributed by atoms with Crippen LogP contribution < -0.4 is 5.32 Å². The molecule has 1 aliphatic carbocycles. The van der Waals surface area contributed by atoms with Crippen LogP contribution in [0.15, 0.2) is 36.5 Å². The number of hydrogen-bond donors (Lipinski definition) is 4. The van der Waals surface area contributed by atoms with Gasteiger partial charge in [0.15, 0.2) is 0 Å². The molecule has 22 heteroatoms. The van der Waals surface area contributed by atoms with Crippen LogP contribution in [0.4, 0.5) is 0 Å². The SMILES string of the molecule is C=C(C)C(=O)OCC(O)COC(=O)CCNCCN(CCC(=O)OCC(O)COC(=O)C(=C)C)CCN(CCC[Si]12OC3CCCCCCCCCCC(CC(C3)O1)O2)CCC(=O)OCC(O)COC(=O)C(=C)C. The highest BCUT2D eigenvalue weighted by Gasteiger charge is 2.53. The van der Waals surface area contributed by atoms with Crippen molar-refractivity contribution in [3.05, 3.63) is 36.5 Å². The van der Waals surface area contributed by atoms with E-state index in [-0.39, 0.29) is 107 Å². The molecule has 422 valence electrons. The van der Waals surface area contributed by atoms with Gasteiger partial charge in [0.05, 0.1) is 37.6 Å². The van der Waals surface area contributed by atoms with E-state index in [2.05, 4.69) is 30.0 Å². The zero-order chi connectivity index (χ0) is 54.3. The van der Waals surface area contributed by atoms with Crippen molar-refractivity contribution in [3.63, 3.8) is 0 Å². The van der Waals surface area contributed by atoms with Crippen molar-refractivity contribution in [2.45, 2.75) is 166 Å². The van der Waals surface area contributed by atoms with Gasteiger partial charge in [0, 0.05) is 68.6 Å². The molecule has 5 unspecified atom stereocenters. The van der Waals surface area contributed by atoms with E-state index in [1.54, 1.807) is 0 Å². The summed E-state index contributed by atoms with van der Waals surface area (Å²) in [5, 5.41) is 33.8. The average Bonchev–Trinajstić information content (AvgIpc) is 3.36. The molecule has 4 rings (SSSR count). The van der Waals surface area contributed by atoms with Gasteiger partial charge in [-0.1, -0.05) is 71.1 Å². The summed E-state index contributed by atoms with van der Waals surface area (Å²) in [6.45, 7) is 15.8. The Labute approximate surface area is 438 Å². The Bertz CT molecular complexity index is 1760. The van der Waals surface area contributed by atoms with Crippen molar-refractivity contribution < 1.29 is 85.8 Å². The van der Waals surface area contributed by atoms with Crippen LogP contribution in [0.5, 0.6) is 0 Å². The van der Waals surface area contributed by atoms with Gasteiger partial charge in [-0.3, -0.25) is 14.4 Å². The van der Waals surface area contributed by atoms with Crippen LogP contribution in [0.3, 0.4) is 0 Å². The summed E-state index contributed by atoms with van der Waals surface area (Å²) in [6.07, 6.45) is 10.6. The number of nitrogens with zero attached hydrogens (tertiary/aromatic N) is 2. The number of ether oxygens (including phenoxy) is 6. The highest BCUT2D eigenvalue weighted by molar-refractivity contribution is 6.61. The van der Waals surface area contributed by atoms with Gasteiger partial charge < -0.3 is 72.1 Å². The fraction of sp³-hybridized carbons (Fsp3) is 0.769. The van der Waals surface area contributed by atoms with Gasteiger partial charge in [0.2, 0.25) is 0 Å². The van der Waals surface area contributed by atoms with Gasteiger partial charge in [-0.2, -0.15) is 0 Å². The van der Waals surface area contributed by atoms with Crippen molar-refractivity contribution in [3.8, 4) is 0 Å². The Hall–Kier alpha value is -4.10. The molecule has 3 heterocycles. The second-order valence-electron chi connectivity index (χ2n) is 19.7. The number of rotatable bonds is 34. The lowest BCUT2D eigenvalue weighted by molar-refractivity contribution is -0.152. The lowest BCUT2D eigenvalue weighted by Crippen LogP contribution is -2.61. The molecule has 0 aromatic heterocycles. The van der Waals surface area contributed by atoms with Crippen LogP contribution in [0.1, 0.15) is 124 Å². The van der Waals surface area contributed by atoms with Crippen molar-refractivity contribution >= 4 is 44.6 Å². The Morgan fingerprint density at radius 2 is 0.865 bits per heavy atom. The lowest BCUT2D eigenvalue weighted by atomic mass is 9.99. The monoisotopic (exact) mass is 1070 g/mol. The first-order chi connectivity index (χ1) is 35.3. The van der Waals surface area contributed by atoms with Crippen LogP contribution in [-0.4, -0.2) is 198 Å². The second-order valence-corrected chi connectivity index (χ2v) is 22.3. The van der Waals surface area contributed by atoms with E-state index in [9.17, 15) is 44.1 Å². The van der Waals surface area contributed by atoms with Crippen LogP contribution in [0.25, 0.3) is 0 Å². The summed E-state index contributed by atoms with van der Waals surface area (Å²) < 4.78 is 51.0. The van der Waals surface area contributed by atoms with Crippen LogP contribution in [0.2, 0.25) is 6.04 Å². The minimum Gasteiger partial charge on any atom is -0.463 e. The smallest absolute Gasteiger partial charge is 0.463 e. The normalized spacial score (nSPS) is 21.3. The number of aliphatic hydroxyl groups excluding tert-OH is 3. The van der Waals surface area contributed by atoms with Gasteiger partial charge >= 0.3 is 44.6 Å². The summed E-state index contributed by atoms with van der Waals surface area (Å²) in [5.41, 5.74) is 0.514. The van der Waals surface area contributed by atoms with Crippen molar-refractivity contribution in [2.75, 3.05) is 92.0 Å². The molecule has 5 atom stereocenters. The van der Waals surface area contributed by atoms with Crippen molar-refractivity contribution in [1.82, 2.24) is 15.1 Å². The number of hydrogen-bond acceptors (Lipinski definition) is 21. The molecule has 4 bridgehead atoms. The lowest BCUT2D eigenvalue weighted by Gasteiger charge is -2.48. The number of nitrogens with one attached hydrogen (secondary N) is 1. The molecule has 3 aliphatic heterocycles. The zero-order valence-corrected chi connectivity index (χ0v) is 45.4. The first-order valence-corrected chi connectivity index (χ1v) is 28.4. The molecule has 0 aromatic carbocycles. The predicted octanol–water partition coefficient (Wildman–Crippen LogP) is 3.63. The third-order valence-corrected chi connectivity index (χ3v) is 15.6. The maximum Gasteiger partial charge on any atom is 0.501 e. The fourth-order valence-corrected chi connectivity index (χ4v) is 11.6. The van der Waals surface area contributed by atoms with Crippen molar-refractivity contribution in [2.24, 2.45) is 0 Å². The van der Waals surface area contributed by atoms with E-state index < -0.39 is 62.9 Å². The number of carbonyl (C=O) groups excluding carboxylic acids is 6. The third kappa shape index (κ3) is 28.1. The van der Waals surface area contributed by atoms with Crippen LogP contribution in [0, 0.1) is 0 Å². The minimum absolute atomic E-state index is 0.0127. The molecule has 4 aliphatic rings. The predicted molar refractivity (Wildman–Crippen MR) is 273 cm³/mol. The summed E-state index contributed by atoms with van der Waals surface area (Å²) in [5.74, 6) is -3.72. The Kier molecular flexibility index (Phi) is 31.2. The average molecular weight is 1070 g/mol. The number of esters is 6. The van der Waals surface area contributed by atoms with E-state index in [1.165, 1.54) is 59.3 Å². The summed E-state index contributed by atoms with van der Waals surface area (Å²) in [6, 6.07) is 0.605. The minimum atomic E-state index is -3.05. The zero-order valence-electron chi connectivity index (χ0n) is 44.4. The molecular weight excluding hydrogens is 983 g/mol. The molecule has 4 fully saturated rings. The maximum absolute atomic E-state index is 13.1. The molecule has 1 saturated carbocycles. The van der Waals surface area contributed by atoms with Gasteiger partial charge in [-0.25, -0.2) is 14.4 Å². The van der Waals surface area contributed by atoms with E-state index in [4.69, 9.17) is 41.7 Å². The van der Waals surface area contributed by atoms with E-state index in [0.717, 1.165) is 38.5 Å². The molecule has 0 spiro atoms.